The van der Waals surface area contributed by atoms with Crippen molar-refractivity contribution >= 4 is 9.84 Å². The van der Waals surface area contributed by atoms with Crippen LogP contribution in [-0.4, -0.2) is 8.42 Å². The molecule has 104 valence electrons. The van der Waals surface area contributed by atoms with E-state index in [4.69, 9.17) is 0 Å². The van der Waals surface area contributed by atoms with Gasteiger partial charge in [-0.25, -0.2) is 8.42 Å². The monoisotopic (exact) mass is 286 g/mol. The summed E-state index contributed by atoms with van der Waals surface area (Å²) in [5, 5.41) is 1.29. The molecule has 0 radical (unpaired) electrons. The van der Waals surface area contributed by atoms with Crippen LogP contribution in [0.1, 0.15) is 16.7 Å². The molecule has 0 saturated heterocycles. The van der Waals surface area contributed by atoms with Crippen molar-refractivity contribution in [1.82, 2.24) is 0 Å². The van der Waals surface area contributed by atoms with Crippen LogP contribution in [0.25, 0.3) is 0 Å². The molecule has 2 aromatic rings. The maximum atomic E-state index is 12.1. The lowest BCUT2D eigenvalue weighted by Crippen LogP contribution is -1.96. The van der Waals surface area contributed by atoms with E-state index in [1.165, 1.54) is 11.0 Å². The molecule has 2 aromatic carbocycles. The number of allylic oxidation sites excluding steroid dienone is 1. The second-order valence-electron chi connectivity index (χ2n) is 4.92. The van der Waals surface area contributed by atoms with Gasteiger partial charge in [-0.15, -0.1) is 0 Å². The molecule has 0 spiro atoms. The largest absolute Gasteiger partial charge is 0.219 e. The Morgan fingerprint density at radius 3 is 1.90 bits per heavy atom. The van der Waals surface area contributed by atoms with Crippen molar-refractivity contribution in [3.8, 4) is 0 Å². The van der Waals surface area contributed by atoms with Crippen LogP contribution in [0.4, 0.5) is 0 Å². The van der Waals surface area contributed by atoms with Gasteiger partial charge in [0.1, 0.15) is 0 Å². The van der Waals surface area contributed by atoms with Gasteiger partial charge in [0.2, 0.25) is 0 Å². The van der Waals surface area contributed by atoms with Crippen molar-refractivity contribution in [3.05, 3.63) is 76.7 Å². The molecule has 3 heteroatoms. The van der Waals surface area contributed by atoms with Gasteiger partial charge in [0.25, 0.3) is 0 Å². The number of hydrogen-bond acceptors (Lipinski definition) is 2. The first-order chi connectivity index (χ1) is 9.47. The molecule has 0 atom stereocenters. The molecule has 20 heavy (non-hydrogen) atoms. The normalized spacial score (nSPS) is 11.9. The smallest absolute Gasteiger partial charge is 0.199 e. The lowest BCUT2D eigenvalue weighted by molar-refractivity contribution is 0.604. The highest BCUT2D eigenvalue weighted by Crippen LogP contribution is 2.13. The Labute approximate surface area is 120 Å². The van der Waals surface area contributed by atoms with E-state index in [9.17, 15) is 8.42 Å². The minimum Gasteiger partial charge on any atom is -0.219 e. The first-order valence-corrected chi connectivity index (χ1v) is 8.06. The lowest BCUT2D eigenvalue weighted by Gasteiger charge is -2.00. The van der Waals surface area contributed by atoms with E-state index in [0.29, 0.717) is 11.3 Å². The number of aryl methyl sites for hydroxylation is 2. The van der Waals surface area contributed by atoms with Crippen LogP contribution < -0.4 is 0 Å². The van der Waals surface area contributed by atoms with Crippen LogP contribution in [0.5, 0.6) is 0 Å². The summed E-state index contributed by atoms with van der Waals surface area (Å²) in [6.07, 6.45) is 2.31. The Hall–Kier alpha value is -1.87. The van der Waals surface area contributed by atoms with E-state index < -0.39 is 9.84 Å². The zero-order chi connectivity index (χ0) is 14.6. The van der Waals surface area contributed by atoms with Crippen LogP contribution in [-0.2, 0) is 16.3 Å². The van der Waals surface area contributed by atoms with E-state index in [2.05, 4.69) is 0 Å². The van der Waals surface area contributed by atoms with Crippen LogP contribution in [0.2, 0.25) is 0 Å². The van der Waals surface area contributed by atoms with E-state index >= 15 is 0 Å². The van der Waals surface area contributed by atoms with Crippen LogP contribution in [0.3, 0.4) is 0 Å². The van der Waals surface area contributed by atoms with Gasteiger partial charge in [-0.3, -0.25) is 0 Å². The summed E-state index contributed by atoms with van der Waals surface area (Å²) in [5.41, 5.74) is 3.35. The molecule has 0 saturated carbocycles. The van der Waals surface area contributed by atoms with Gasteiger partial charge in [0.15, 0.2) is 9.84 Å². The topological polar surface area (TPSA) is 34.1 Å². The highest BCUT2D eigenvalue weighted by atomic mass is 32.2. The molecule has 2 rings (SSSR count). The van der Waals surface area contributed by atoms with Crippen molar-refractivity contribution in [2.45, 2.75) is 25.2 Å². The Morgan fingerprint density at radius 1 is 0.850 bits per heavy atom. The van der Waals surface area contributed by atoms with Gasteiger partial charge < -0.3 is 0 Å². The summed E-state index contributed by atoms with van der Waals surface area (Å²) >= 11 is 0. The maximum Gasteiger partial charge on any atom is 0.199 e. The molecule has 0 aromatic heterocycles. The zero-order valence-corrected chi connectivity index (χ0v) is 12.5. The molecule has 2 nitrogen and oxygen atoms in total. The van der Waals surface area contributed by atoms with E-state index in [1.54, 1.807) is 30.3 Å². The first kappa shape index (κ1) is 14.5. The van der Waals surface area contributed by atoms with Gasteiger partial charge in [-0.05, 0) is 38.0 Å². The summed E-state index contributed by atoms with van der Waals surface area (Å²) in [6.45, 7) is 3.96. The third kappa shape index (κ3) is 3.81. The molecule has 0 N–H and O–H groups in total. The summed E-state index contributed by atoms with van der Waals surface area (Å²) in [7, 11) is -3.34. The Balaban J connectivity index is 2.10. The van der Waals surface area contributed by atoms with Crippen LogP contribution in [0, 0.1) is 13.8 Å². The number of sulfone groups is 1. The van der Waals surface area contributed by atoms with Crippen LogP contribution >= 0.6 is 0 Å². The zero-order valence-electron chi connectivity index (χ0n) is 11.7. The molecule has 0 heterocycles. The second kappa shape index (κ2) is 6.06. The predicted octanol–water partition coefficient (Wildman–Crippen LogP) is 3.83. The summed E-state index contributed by atoms with van der Waals surface area (Å²) in [5.74, 6) is 0. The highest BCUT2D eigenvalue weighted by molar-refractivity contribution is 7.94. The minimum atomic E-state index is -3.34. The molecular formula is C17H18O2S. The molecule has 0 aliphatic carbocycles. The van der Waals surface area contributed by atoms with Crippen molar-refractivity contribution in [3.63, 3.8) is 0 Å². The average molecular weight is 286 g/mol. The quantitative estimate of drug-likeness (QED) is 0.856. The third-order valence-corrected chi connectivity index (χ3v) is 4.58. The summed E-state index contributed by atoms with van der Waals surface area (Å²) < 4.78 is 24.2. The minimum absolute atomic E-state index is 0.336. The fourth-order valence-corrected chi connectivity index (χ4v) is 2.86. The second-order valence-corrected chi connectivity index (χ2v) is 6.75. The first-order valence-electron chi connectivity index (χ1n) is 6.51. The molecule has 0 aliphatic heterocycles. The summed E-state index contributed by atoms with van der Waals surface area (Å²) in [4.78, 5) is 0.336. The standard InChI is InChI=1S/C17H18O2S/c1-14-5-9-16(10-6-14)4-3-13-20(18,19)17-11-7-15(2)8-12-17/h3,5-13H,4H2,1-2H3. The van der Waals surface area contributed by atoms with Crippen molar-refractivity contribution in [2.75, 3.05) is 0 Å². The number of rotatable bonds is 4. The van der Waals surface area contributed by atoms with E-state index in [0.717, 1.165) is 11.1 Å². The molecular weight excluding hydrogens is 268 g/mol. The lowest BCUT2D eigenvalue weighted by atomic mass is 10.1. The van der Waals surface area contributed by atoms with Gasteiger partial charge in [0.05, 0.1) is 4.90 Å². The fraction of sp³-hybridized carbons (Fsp3) is 0.176. The van der Waals surface area contributed by atoms with Gasteiger partial charge in [0, 0.05) is 5.41 Å². The van der Waals surface area contributed by atoms with Crippen LogP contribution in [0.15, 0.2) is 64.9 Å². The molecule has 0 aliphatic rings. The number of benzene rings is 2. The van der Waals surface area contributed by atoms with Crippen molar-refractivity contribution in [1.29, 1.82) is 0 Å². The van der Waals surface area contributed by atoms with E-state index in [1.807, 2.05) is 38.1 Å². The Morgan fingerprint density at radius 2 is 1.35 bits per heavy atom. The Bertz CT molecular complexity index is 694. The SMILES string of the molecule is Cc1ccc(CC=CS(=O)(=O)c2ccc(C)cc2)cc1. The molecule has 0 unspecified atom stereocenters. The molecule has 0 fully saturated rings. The van der Waals surface area contributed by atoms with E-state index in [-0.39, 0.29) is 0 Å². The highest BCUT2D eigenvalue weighted by Gasteiger charge is 2.08. The predicted molar refractivity (Wildman–Crippen MR) is 82.4 cm³/mol. The van der Waals surface area contributed by atoms with Gasteiger partial charge in [-0.1, -0.05) is 53.6 Å². The van der Waals surface area contributed by atoms with Crippen molar-refractivity contribution in [2.24, 2.45) is 0 Å². The average Bonchev–Trinajstić information content (AvgIpc) is 2.41. The number of hydrogen-bond donors (Lipinski definition) is 0. The maximum absolute atomic E-state index is 12.1. The Kier molecular flexibility index (Phi) is 4.40. The fourth-order valence-electron chi connectivity index (χ4n) is 1.84. The summed E-state index contributed by atoms with van der Waals surface area (Å²) in [6, 6.07) is 15.0. The van der Waals surface area contributed by atoms with Gasteiger partial charge in [-0.2, -0.15) is 0 Å². The third-order valence-electron chi connectivity index (χ3n) is 3.10. The molecule has 0 amide bonds. The van der Waals surface area contributed by atoms with Gasteiger partial charge >= 0.3 is 0 Å². The molecule has 0 bridgehead atoms. The van der Waals surface area contributed by atoms with Crippen molar-refractivity contribution < 1.29 is 8.42 Å².